The highest BCUT2D eigenvalue weighted by Gasteiger charge is 2.31. The fraction of sp³-hybridized carbons (Fsp3) is 1.00. The Morgan fingerprint density at radius 1 is 1.11 bits per heavy atom. The molecule has 0 saturated heterocycles. The molecular formula is C17H36N2. The molecule has 0 radical (unpaired) electrons. The molecule has 0 heterocycles. The van der Waals surface area contributed by atoms with E-state index in [1.54, 1.807) is 0 Å². The summed E-state index contributed by atoms with van der Waals surface area (Å²) >= 11 is 0. The Kier molecular flexibility index (Phi) is 8.01. The standard InChI is InChI=1S/C17H36N2/c1-6-10-19(11-7-2)13-16-12-15(14(3)4)8-9-17(16)18-5/h14-18H,6-13H2,1-5H3. The molecule has 3 atom stereocenters. The first-order chi connectivity index (χ1) is 9.12. The number of hydrogen-bond acceptors (Lipinski definition) is 2. The van der Waals surface area contributed by atoms with Gasteiger partial charge in [0.2, 0.25) is 0 Å². The molecule has 2 heteroatoms. The molecule has 1 fully saturated rings. The van der Waals surface area contributed by atoms with Crippen molar-refractivity contribution in [2.45, 2.75) is 65.8 Å². The minimum Gasteiger partial charge on any atom is -0.317 e. The lowest BCUT2D eigenvalue weighted by atomic mass is 9.73. The van der Waals surface area contributed by atoms with Gasteiger partial charge in [-0.1, -0.05) is 27.7 Å². The minimum atomic E-state index is 0.742. The lowest BCUT2D eigenvalue weighted by molar-refractivity contribution is 0.124. The SMILES string of the molecule is CCCN(CCC)CC1CC(C(C)C)CCC1NC. The summed E-state index contributed by atoms with van der Waals surface area (Å²) in [7, 11) is 2.15. The predicted molar refractivity (Wildman–Crippen MR) is 85.5 cm³/mol. The molecule has 0 bridgehead atoms. The van der Waals surface area contributed by atoms with Gasteiger partial charge in [0.05, 0.1) is 0 Å². The van der Waals surface area contributed by atoms with Crippen molar-refractivity contribution >= 4 is 0 Å². The molecule has 0 spiro atoms. The van der Waals surface area contributed by atoms with Crippen LogP contribution in [0.3, 0.4) is 0 Å². The summed E-state index contributed by atoms with van der Waals surface area (Å²) in [5, 5.41) is 3.58. The zero-order valence-electron chi connectivity index (χ0n) is 13.9. The van der Waals surface area contributed by atoms with Crippen LogP contribution in [-0.2, 0) is 0 Å². The van der Waals surface area contributed by atoms with E-state index in [1.807, 2.05) is 0 Å². The zero-order valence-corrected chi connectivity index (χ0v) is 13.9. The molecule has 1 N–H and O–H groups in total. The van der Waals surface area contributed by atoms with E-state index in [9.17, 15) is 0 Å². The number of hydrogen-bond donors (Lipinski definition) is 1. The van der Waals surface area contributed by atoms with E-state index in [1.165, 1.54) is 51.7 Å². The van der Waals surface area contributed by atoms with Crippen LogP contribution in [0, 0.1) is 17.8 Å². The Labute approximate surface area is 121 Å². The molecule has 0 amide bonds. The Balaban J connectivity index is 2.58. The maximum atomic E-state index is 3.58. The van der Waals surface area contributed by atoms with Gasteiger partial charge in [-0.3, -0.25) is 0 Å². The summed E-state index contributed by atoms with van der Waals surface area (Å²) < 4.78 is 0. The maximum Gasteiger partial charge on any atom is 0.0105 e. The monoisotopic (exact) mass is 268 g/mol. The van der Waals surface area contributed by atoms with Gasteiger partial charge in [0, 0.05) is 12.6 Å². The van der Waals surface area contributed by atoms with E-state index >= 15 is 0 Å². The molecule has 0 aromatic carbocycles. The van der Waals surface area contributed by atoms with E-state index in [4.69, 9.17) is 0 Å². The second kappa shape index (κ2) is 8.97. The van der Waals surface area contributed by atoms with Gasteiger partial charge in [-0.15, -0.1) is 0 Å². The zero-order chi connectivity index (χ0) is 14.3. The van der Waals surface area contributed by atoms with Crippen LogP contribution in [0.1, 0.15) is 59.8 Å². The lowest BCUT2D eigenvalue weighted by Crippen LogP contribution is -2.45. The molecule has 1 aliphatic carbocycles. The third kappa shape index (κ3) is 5.43. The van der Waals surface area contributed by atoms with Crippen molar-refractivity contribution in [3.63, 3.8) is 0 Å². The predicted octanol–water partition coefficient (Wildman–Crippen LogP) is 3.77. The first kappa shape index (κ1) is 17.0. The smallest absolute Gasteiger partial charge is 0.0105 e. The third-order valence-corrected chi connectivity index (χ3v) is 4.91. The molecule has 1 rings (SSSR count). The van der Waals surface area contributed by atoms with Crippen LogP contribution in [0.4, 0.5) is 0 Å². The van der Waals surface area contributed by atoms with E-state index in [-0.39, 0.29) is 0 Å². The van der Waals surface area contributed by atoms with E-state index in [0.717, 1.165) is 23.8 Å². The van der Waals surface area contributed by atoms with E-state index in [0.29, 0.717) is 0 Å². The molecule has 1 aliphatic rings. The fourth-order valence-corrected chi connectivity index (χ4v) is 3.75. The summed E-state index contributed by atoms with van der Waals surface area (Å²) in [6.45, 7) is 13.2. The minimum absolute atomic E-state index is 0.742. The number of nitrogens with zero attached hydrogens (tertiary/aromatic N) is 1. The fourth-order valence-electron chi connectivity index (χ4n) is 3.75. The molecule has 2 nitrogen and oxygen atoms in total. The van der Waals surface area contributed by atoms with Crippen LogP contribution in [0.5, 0.6) is 0 Å². The molecule has 3 unspecified atom stereocenters. The summed E-state index contributed by atoms with van der Waals surface area (Å²) in [6.07, 6.45) is 6.78. The summed E-state index contributed by atoms with van der Waals surface area (Å²) in [6, 6.07) is 0.742. The van der Waals surface area contributed by atoms with Crippen molar-refractivity contribution < 1.29 is 0 Å². The molecule has 0 aromatic rings. The van der Waals surface area contributed by atoms with Crippen LogP contribution in [0.15, 0.2) is 0 Å². The second-order valence-corrected chi connectivity index (χ2v) is 6.77. The largest absolute Gasteiger partial charge is 0.317 e. The average molecular weight is 268 g/mol. The first-order valence-corrected chi connectivity index (χ1v) is 8.51. The van der Waals surface area contributed by atoms with Crippen molar-refractivity contribution in [3.8, 4) is 0 Å². The molecule has 19 heavy (non-hydrogen) atoms. The molecule has 1 saturated carbocycles. The Bertz CT molecular complexity index is 221. The number of rotatable bonds is 8. The highest BCUT2D eigenvalue weighted by atomic mass is 15.1. The highest BCUT2D eigenvalue weighted by molar-refractivity contribution is 4.86. The van der Waals surface area contributed by atoms with E-state index in [2.05, 4.69) is 45.0 Å². The van der Waals surface area contributed by atoms with Gasteiger partial charge in [-0.25, -0.2) is 0 Å². The average Bonchev–Trinajstić information content (AvgIpc) is 2.39. The van der Waals surface area contributed by atoms with Crippen LogP contribution in [0.2, 0.25) is 0 Å². The highest BCUT2D eigenvalue weighted by Crippen LogP contribution is 2.34. The van der Waals surface area contributed by atoms with Crippen molar-refractivity contribution in [2.75, 3.05) is 26.7 Å². The lowest BCUT2D eigenvalue weighted by Gasteiger charge is -2.40. The van der Waals surface area contributed by atoms with Crippen LogP contribution in [-0.4, -0.2) is 37.6 Å². The quantitative estimate of drug-likeness (QED) is 0.721. The Morgan fingerprint density at radius 2 is 1.74 bits per heavy atom. The van der Waals surface area contributed by atoms with Gasteiger partial charge in [-0.05, 0) is 70.0 Å². The Hall–Kier alpha value is -0.0800. The van der Waals surface area contributed by atoms with Crippen LogP contribution < -0.4 is 5.32 Å². The van der Waals surface area contributed by atoms with Crippen LogP contribution in [0.25, 0.3) is 0 Å². The topological polar surface area (TPSA) is 15.3 Å². The van der Waals surface area contributed by atoms with E-state index < -0.39 is 0 Å². The molecular weight excluding hydrogens is 232 g/mol. The normalized spacial score (nSPS) is 28.3. The van der Waals surface area contributed by atoms with Gasteiger partial charge in [-0.2, -0.15) is 0 Å². The molecule has 114 valence electrons. The van der Waals surface area contributed by atoms with Gasteiger partial charge in [0.15, 0.2) is 0 Å². The van der Waals surface area contributed by atoms with Gasteiger partial charge >= 0.3 is 0 Å². The van der Waals surface area contributed by atoms with Crippen molar-refractivity contribution in [1.29, 1.82) is 0 Å². The van der Waals surface area contributed by atoms with Gasteiger partial charge in [0.25, 0.3) is 0 Å². The summed E-state index contributed by atoms with van der Waals surface area (Å²) in [5.41, 5.74) is 0. The Morgan fingerprint density at radius 3 is 2.21 bits per heavy atom. The van der Waals surface area contributed by atoms with Gasteiger partial charge < -0.3 is 10.2 Å². The summed E-state index contributed by atoms with van der Waals surface area (Å²) in [4.78, 5) is 2.69. The van der Waals surface area contributed by atoms with Crippen molar-refractivity contribution in [1.82, 2.24) is 10.2 Å². The van der Waals surface area contributed by atoms with Gasteiger partial charge in [0.1, 0.15) is 0 Å². The maximum absolute atomic E-state index is 3.58. The third-order valence-electron chi connectivity index (χ3n) is 4.91. The molecule has 0 aliphatic heterocycles. The van der Waals surface area contributed by atoms with Crippen LogP contribution >= 0.6 is 0 Å². The second-order valence-electron chi connectivity index (χ2n) is 6.77. The number of nitrogens with one attached hydrogen (secondary N) is 1. The first-order valence-electron chi connectivity index (χ1n) is 8.51. The molecule has 0 aromatic heterocycles. The van der Waals surface area contributed by atoms with Crippen molar-refractivity contribution in [3.05, 3.63) is 0 Å². The van der Waals surface area contributed by atoms with Crippen molar-refractivity contribution in [2.24, 2.45) is 17.8 Å². The summed E-state index contributed by atoms with van der Waals surface area (Å²) in [5.74, 6) is 2.65.